The maximum atomic E-state index is 12.3. The second kappa shape index (κ2) is 6.93. The summed E-state index contributed by atoms with van der Waals surface area (Å²) in [6.07, 6.45) is 2.63. The van der Waals surface area contributed by atoms with Crippen molar-refractivity contribution in [3.63, 3.8) is 0 Å². The smallest absolute Gasteiger partial charge is 0.388 e. The lowest BCUT2D eigenvalue weighted by atomic mass is 10.1. The first kappa shape index (κ1) is 15.8. The molecule has 0 atom stereocenters. The Morgan fingerprint density at radius 3 is 2.62 bits per heavy atom. The van der Waals surface area contributed by atoms with Crippen molar-refractivity contribution in [1.82, 2.24) is 9.88 Å². The Balaban J connectivity index is 2.00. The molecule has 0 bridgehead atoms. The third kappa shape index (κ3) is 4.20. The van der Waals surface area contributed by atoms with E-state index in [1.165, 1.54) is 18.3 Å². The van der Waals surface area contributed by atoms with Gasteiger partial charge in [0.15, 0.2) is 0 Å². The predicted molar refractivity (Wildman–Crippen MR) is 73.9 cm³/mol. The van der Waals surface area contributed by atoms with E-state index in [-0.39, 0.29) is 17.8 Å². The normalized spacial score (nSPS) is 22.1. The van der Waals surface area contributed by atoms with E-state index in [0.29, 0.717) is 29.9 Å². The van der Waals surface area contributed by atoms with Crippen LogP contribution in [0.5, 0.6) is 5.88 Å². The van der Waals surface area contributed by atoms with Crippen molar-refractivity contribution in [2.24, 2.45) is 0 Å². The largest absolute Gasteiger partial charge is 0.417 e. The molecule has 0 spiro atoms. The molecule has 1 amide bonds. The molecule has 0 radical (unpaired) electrons. The number of hydrogen-bond donors (Lipinski definition) is 0. The molecular formula is C13H16F2N2O3S. The van der Waals surface area contributed by atoms with Crippen LogP contribution in [0.2, 0.25) is 0 Å². The van der Waals surface area contributed by atoms with Crippen LogP contribution in [0.3, 0.4) is 0 Å². The van der Waals surface area contributed by atoms with Gasteiger partial charge in [-0.2, -0.15) is 8.78 Å². The van der Waals surface area contributed by atoms with E-state index in [1.807, 2.05) is 0 Å². The molecule has 116 valence electrons. The van der Waals surface area contributed by atoms with Gasteiger partial charge in [0.05, 0.1) is 5.56 Å². The van der Waals surface area contributed by atoms with Gasteiger partial charge in [0, 0.05) is 47.7 Å². The lowest BCUT2D eigenvalue weighted by molar-refractivity contribution is -0.0528. The van der Waals surface area contributed by atoms with Crippen molar-refractivity contribution in [2.75, 3.05) is 18.6 Å². The highest BCUT2D eigenvalue weighted by atomic mass is 32.2. The molecule has 1 fully saturated rings. The summed E-state index contributed by atoms with van der Waals surface area (Å²) in [5, 5.41) is 0. The van der Waals surface area contributed by atoms with Gasteiger partial charge in [-0.3, -0.25) is 9.00 Å². The van der Waals surface area contributed by atoms with Crippen molar-refractivity contribution in [3.8, 4) is 5.88 Å². The molecule has 8 heteroatoms. The Morgan fingerprint density at radius 1 is 1.43 bits per heavy atom. The molecule has 1 saturated heterocycles. The predicted octanol–water partition coefficient (Wildman–Crippen LogP) is 1.67. The zero-order valence-corrected chi connectivity index (χ0v) is 12.3. The molecule has 2 rings (SSSR count). The number of ether oxygens (including phenoxy) is 1. The molecule has 5 nitrogen and oxygen atoms in total. The monoisotopic (exact) mass is 318 g/mol. The van der Waals surface area contributed by atoms with E-state index in [2.05, 4.69) is 9.72 Å². The number of hydrogen-bond acceptors (Lipinski definition) is 4. The van der Waals surface area contributed by atoms with Gasteiger partial charge < -0.3 is 9.64 Å². The first-order valence-electron chi connectivity index (χ1n) is 6.50. The van der Waals surface area contributed by atoms with Gasteiger partial charge in [-0.15, -0.1) is 0 Å². The maximum absolute atomic E-state index is 12.3. The molecule has 21 heavy (non-hydrogen) atoms. The van der Waals surface area contributed by atoms with Crippen LogP contribution in [-0.4, -0.2) is 51.2 Å². The summed E-state index contributed by atoms with van der Waals surface area (Å²) in [6, 6.07) is 2.69. The van der Waals surface area contributed by atoms with Gasteiger partial charge >= 0.3 is 6.61 Å². The van der Waals surface area contributed by atoms with Gasteiger partial charge in [-0.05, 0) is 18.9 Å². The average molecular weight is 318 g/mol. The Labute approximate surface area is 123 Å². The summed E-state index contributed by atoms with van der Waals surface area (Å²) in [5.41, 5.74) is 0.311. The first-order valence-corrected chi connectivity index (χ1v) is 7.99. The molecule has 1 aliphatic heterocycles. The summed E-state index contributed by atoms with van der Waals surface area (Å²) < 4.78 is 39.5. The molecular weight excluding hydrogens is 302 g/mol. The fourth-order valence-corrected chi connectivity index (χ4v) is 3.48. The summed E-state index contributed by atoms with van der Waals surface area (Å²) in [4.78, 5) is 17.6. The molecule has 1 aromatic rings. The molecule has 1 aromatic heterocycles. The van der Waals surface area contributed by atoms with E-state index in [4.69, 9.17) is 0 Å². The van der Waals surface area contributed by atoms with Crippen LogP contribution in [0.1, 0.15) is 23.2 Å². The SMILES string of the molecule is CN(C(=O)c1ccc(OC(F)F)nc1)C1CCS(=O)CC1. The molecule has 1 aliphatic rings. The van der Waals surface area contributed by atoms with Gasteiger partial charge in [-0.1, -0.05) is 0 Å². The third-order valence-electron chi connectivity index (χ3n) is 3.42. The van der Waals surface area contributed by atoms with Crippen LogP contribution >= 0.6 is 0 Å². The van der Waals surface area contributed by atoms with E-state index >= 15 is 0 Å². The first-order chi connectivity index (χ1) is 9.97. The molecule has 0 unspecified atom stereocenters. The van der Waals surface area contributed by atoms with Crippen molar-refractivity contribution < 1.29 is 22.5 Å². The summed E-state index contributed by atoms with van der Waals surface area (Å²) >= 11 is 0. The topological polar surface area (TPSA) is 59.5 Å². The number of aromatic nitrogens is 1. The highest BCUT2D eigenvalue weighted by Crippen LogP contribution is 2.18. The number of amides is 1. The average Bonchev–Trinajstić information content (AvgIpc) is 2.47. The quantitative estimate of drug-likeness (QED) is 0.847. The van der Waals surface area contributed by atoms with Crippen LogP contribution in [0, 0.1) is 0 Å². The van der Waals surface area contributed by atoms with Crippen molar-refractivity contribution >= 4 is 16.7 Å². The van der Waals surface area contributed by atoms with Crippen molar-refractivity contribution in [3.05, 3.63) is 23.9 Å². The Morgan fingerprint density at radius 2 is 2.10 bits per heavy atom. The van der Waals surface area contributed by atoms with E-state index in [1.54, 1.807) is 11.9 Å². The molecule has 0 saturated carbocycles. The number of nitrogens with zero attached hydrogens (tertiary/aromatic N) is 2. The van der Waals surface area contributed by atoms with Gasteiger partial charge in [0.25, 0.3) is 5.91 Å². The van der Waals surface area contributed by atoms with E-state index in [0.717, 1.165) is 0 Å². The number of halogens is 2. The Kier molecular flexibility index (Phi) is 5.22. The van der Waals surface area contributed by atoms with Gasteiger partial charge in [0.1, 0.15) is 0 Å². The number of alkyl halides is 2. The van der Waals surface area contributed by atoms with Crippen molar-refractivity contribution in [2.45, 2.75) is 25.5 Å². The van der Waals surface area contributed by atoms with E-state index in [9.17, 15) is 17.8 Å². The van der Waals surface area contributed by atoms with Crippen LogP contribution < -0.4 is 4.74 Å². The highest BCUT2D eigenvalue weighted by Gasteiger charge is 2.25. The van der Waals surface area contributed by atoms with Crippen LogP contribution in [-0.2, 0) is 10.8 Å². The Hall–Kier alpha value is -1.57. The lowest BCUT2D eigenvalue weighted by Gasteiger charge is -2.30. The standard InChI is InChI=1S/C13H16F2N2O3S/c1-17(10-4-6-21(19)7-5-10)12(18)9-2-3-11(16-8-9)20-13(14)15/h2-3,8,10,13H,4-7H2,1H3. The number of rotatable bonds is 4. The fourth-order valence-electron chi connectivity index (χ4n) is 2.21. The zero-order chi connectivity index (χ0) is 15.4. The van der Waals surface area contributed by atoms with Crippen LogP contribution in [0.15, 0.2) is 18.3 Å². The minimum Gasteiger partial charge on any atom is -0.417 e. The Bertz CT molecular complexity index is 515. The summed E-state index contributed by atoms with van der Waals surface area (Å²) in [6.45, 7) is -2.94. The second-order valence-electron chi connectivity index (χ2n) is 4.76. The number of carbonyl (C=O) groups excluding carboxylic acids is 1. The molecule has 0 aliphatic carbocycles. The number of carbonyl (C=O) groups is 1. The van der Waals surface area contributed by atoms with Crippen LogP contribution in [0.4, 0.5) is 8.78 Å². The van der Waals surface area contributed by atoms with Crippen LogP contribution in [0.25, 0.3) is 0 Å². The van der Waals surface area contributed by atoms with E-state index < -0.39 is 17.4 Å². The molecule has 2 heterocycles. The second-order valence-corrected chi connectivity index (χ2v) is 6.46. The number of pyridine rings is 1. The minimum atomic E-state index is -2.94. The zero-order valence-electron chi connectivity index (χ0n) is 11.5. The van der Waals surface area contributed by atoms with Gasteiger partial charge in [0.2, 0.25) is 5.88 Å². The fraction of sp³-hybridized carbons (Fsp3) is 0.538. The van der Waals surface area contributed by atoms with Gasteiger partial charge in [-0.25, -0.2) is 4.98 Å². The molecule has 0 aromatic carbocycles. The molecule has 0 N–H and O–H groups in total. The summed E-state index contributed by atoms with van der Waals surface area (Å²) in [7, 11) is 0.903. The summed E-state index contributed by atoms with van der Waals surface area (Å²) in [5.74, 6) is 0.740. The maximum Gasteiger partial charge on any atom is 0.388 e. The third-order valence-corrected chi connectivity index (χ3v) is 4.80. The minimum absolute atomic E-state index is 0.0483. The lowest BCUT2D eigenvalue weighted by Crippen LogP contribution is -2.41. The highest BCUT2D eigenvalue weighted by molar-refractivity contribution is 7.85. The van der Waals surface area contributed by atoms with Crippen molar-refractivity contribution in [1.29, 1.82) is 0 Å².